The van der Waals surface area contributed by atoms with Crippen LogP contribution in [0.5, 0.6) is 0 Å². The van der Waals surface area contributed by atoms with Crippen LogP contribution >= 0.6 is 23.6 Å². The Hall–Kier alpha value is -3.01. The second-order valence-electron chi connectivity index (χ2n) is 10.6. The number of likely N-dealkylation sites (tertiary alicyclic amines) is 1. The molecule has 7 nitrogen and oxygen atoms in total. The lowest BCUT2D eigenvalue weighted by molar-refractivity contribution is 0.0577. The lowest BCUT2D eigenvalue weighted by Gasteiger charge is -2.38. The third kappa shape index (κ3) is 6.59. The summed E-state index contributed by atoms with van der Waals surface area (Å²) >= 11 is 7.32. The lowest BCUT2D eigenvalue weighted by atomic mass is 9.98. The van der Waals surface area contributed by atoms with E-state index in [0.29, 0.717) is 17.7 Å². The number of aromatic nitrogens is 1. The van der Waals surface area contributed by atoms with Crippen molar-refractivity contribution in [2.75, 3.05) is 63.6 Å². The fraction of sp³-hybridized carbons (Fsp3) is 0.433. The molecule has 3 heterocycles. The standard InChI is InChI=1S/C30H38N6OS2/c1-22(23-7-5-4-6-8-23)34-17-19-35(20-18-34)29(37)27-21-39-28(32-27)24-13-15-36(16-14-24)30(38)31-25-9-11-26(12-10-25)33(2)3/h4-12,21-22,24H,13-20H2,1-3H3,(H,31,38). The second kappa shape index (κ2) is 12.4. The van der Waals surface area contributed by atoms with Crippen LogP contribution < -0.4 is 10.2 Å². The van der Waals surface area contributed by atoms with Crippen molar-refractivity contribution in [1.82, 2.24) is 19.7 Å². The first-order valence-electron chi connectivity index (χ1n) is 13.8. The number of rotatable bonds is 6. The van der Waals surface area contributed by atoms with Crippen molar-refractivity contribution in [2.24, 2.45) is 0 Å². The molecule has 2 aliphatic heterocycles. The number of nitrogens with one attached hydrogen (secondary N) is 1. The zero-order chi connectivity index (χ0) is 27.4. The molecule has 1 unspecified atom stereocenters. The Morgan fingerprint density at radius 1 is 0.974 bits per heavy atom. The van der Waals surface area contributed by atoms with Gasteiger partial charge in [-0.15, -0.1) is 11.3 Å². The van der Waals surface area contributed by atoms with Crippen LogP contribution in [0.4, 0.5) is 11.4 Å². The van der Waals surface area contributed by atoms with Crippen molar-refractivity contribution in [2.45, 2.75) is 31.7 Å². The molecule has 1 aromatic heterocycles. The van der Waals surface area contributed by atoms with Gasteiger partial charge < -0.3 is 20.0 Å². The van der Waals surface area contributed by atoms with Gasteiger partial charge in [-0.2, -0.15) is 0 Å². The zero-order valence-corrected chi connectivity index (χ0v) is 24.7. The van der Waals surface area contributed by atoms with Crippen molar-refractivity contribution < 1.29 is 4.79 Å². The van der Waals surface area contributed by atoms with E-state index >= 15 is 0 Å². The predicted octanol–water partition coefficient (Wildman–Crippen LogP) is 5.30. The summed E-state index contributed by atoms with van der Waals surface area (Å²) in [6.07, 6.45) is 1.97. The summed E-state index contributed by atoms with van der Waals surface area (Å²) in [5, 5.41) is 7.17. The molecule has 1 N–H and O–H groups in total. The molecule has 206 valence electrons. The average Bonchev–Trinajstić information content (AvgIpc) is 3.48. The Bertz CT molecular complexity index is 1250. The number of piperazine rings is 1. The van der Waals surface area contributed by atoms with Gasteiger partial charge in [0.25, 0.3) is 5.91 Å². The van der Waals surface area contributed by atoms with Gasteiger partial charge >= 0.3 is 0 Å². The molecule has 2 saturated heterocycles. The first-order chi connectivity index (χ1) is 18.9. The second-order valence-corrected chi connectivity index (χ2v) is 11.9. The number of thiocarbonyl (C=S) groups is 1. The van der Waals surface area contributed by atoms with Crippen molar-refractivity contribution in [3.05, 3.63) is 76.2 Å². The minimum Gasteiger partial charge on any atom is -0.378 e. The van der Waals surface area contributed by atoms with E-state index in [9.17, 15) is 4.79 Å². The van der Waals surface area contributed by atoms with E-state index in [1.165, 1.54) is 5.56 Å². The van der Waals surface area contributed by atoms with Gasteiger partial charge in [0, 0.05) is 82.1 Å². The Morgan fingerprint density at radius 3 is 2.28 bits per heavy atom. The highest BCUT2D eigenvalue weighted by molar-refractivity contribution is 7.80. The summed E-state index contributed by atoms with van der Waals surface area (Å²) in [4.78, 5) is 26.8. The monoisotopic (exact) mass is 562 g/mol. The third-order valence-electron chi connectivity index (χ3n) is 7.94. The molecule has 0 spiro atoms. The maximum atomic E-state index is 13.2. The molecule has 2 aromatic carbocycles. The third-order valence-corrected chi connectivity index (χ3v) is 9.31. The first kappa shape index (κ1) is 27.6. The van der Waals surface area contributed by atoms with Crippen LogP contribution in [0.15, 0.2) is 60.0 Å². The van der Waals surface area contributed by atoms with Gasteiger partial charge in [0.1, 0.15) is 5.69 Å². The number of nitrogens with zero attached hydrogens (tertiary/aromatic N) is 5. The zero-order valence-electron chi connectivity index (χ0n) is 23.0. The van der Waals surface area contributed by atoms with Gasteiger partial charge in [0.15, 0.2) is 5.11 Å². The molecule has 3 aromatic rings. The average molecular weight is 563 g/mol. The number of hydrogen-bond acceptors (Lipinski definition) is 6. The van der Waals surface area contributed by atoms with Gasteiger partial charge in [0.2, 0.25) is 0 Å². The van der Waals surface area contributed by atoms with Gasteiger partial charge in [-0.1, -0.05) is 30.3 Å². The van der Waals surface area contributed by atoms with Gasteiger partial charge in [-0.05, 0) is 61.8 Å². The molecular formula is C30H38N6OS2. The van der Waals surface area contributed by atoms with Gasteiger partial charge in [-0.3, -0.25) is 9.69 Å². The molecule has 0 radical (unpaired) electrons. The number of piperidine rings is 1. The molecule has 5 rings (SSSR count). The Kier molecular flexibility index (Phi) is 8.79. The quantitative estimate of drug-likeness (QED) is 0.409. The molecule has 0 bridgehead atoms. The number of carbonyl (C=O) groups excluding carboxylic acids is 1. The molecule has 2 aliphatic rings. The van der Waals surface area contributed by atoms with E-state index < -0.39 is 0 Å². The van der Waals surface area contributed by atoms with E-state index in [1.807, 2.05) is 24.4 Å². The summed E-state index contributed by atoms with van der Waals surface area (Å²) in [5.41, 5.74) is 4.09. The van der Waals surface area contributed by atoms with Crippen molar-refractivity contribution in [3.63, 3.8) is 0 Å². The number of hydrogen-bond donors (Lipinski definition) is 1. The van der Waals surface area contributed by atoms with Crippen LogP contribution in [-0.4, -0.2) is 84.1 Å². The maximum absolute atomic E-state index is 13.2. The lowest BCUT2D eigenvalue weighted by Crippen LogP contribution is -2.49. The van der Waals surface area contributed by atoms with Crippen LogP contribution in [0, 0.1) is 0 Å². The van der Waals surface area contributed by atoms with Crippen molar-refractivity contribution in [1.29, 1.82) is 0 Å². The molecule has 0 saturated carbocycles. The fourth-order valence-electron chi connectivity index (χ4n) is 5.36. The minimum absolute atomic E-state index is 0.0626. The Labute approximate surface area is 241 Å². The van der Waals surface area contributed by atoms with E-state index in [0.717, 1.165) is 73.6 Å². The maximum Gasteiger partial charge on any atom is 0.273 e. The molecular weight excluding hydrogens is 525 g/mol. The normalized spacial score (nSPS) is 17.6. The first-order valence-corrected chi connectivity index (χ1v) is 15.0. The summed E-state index contributed by atoms with van der Waals surface area (Å²) < 4.78 is 0. The number of benzene rings is 2. The van der Waals surface area contributed by atoms with Crippen LogP contribution in [0.2, 0.25) is 0 Å². The van der Waals surface area contributed by atoms with Gasteiger partial charge in [-0.25, -0.2) is 4.98 Å². The van der Waals surface area contributed by atoms with E-state index in [2.05, 4.69) is 81.5 Å². The predicted molar refractivity (Wildman–Crippen MR) is 165 cm³/mol. The Morgan fingerprint density at radius 2 is 1.64 bits per heavy atom. The van der Waals surface area contributed by atoms with Gasteiger partial charge in [0.05, 0.1) is 5.01 Å². The highest BCUT2D eigenvalue weighted by atomic mass is 32.1. The van der Waals surface area contributed by atoms with Crippen LogP contribution in [0.3, 0.4) is 0 Å². The number of thiazole rings is 1. The summed E-state index contributed by atoms with van der Waals surface area (Å²) in [6, 6.07) is 19.2. The highest BCUT2D eigenvalue weighted by Crippen LogP contribution is 2.31. The SMILES string of the molecule is CC(c1ccccc1)N1CCN(C(=O)c2csc(C3CCN(C(=S)Nc4ccc(N(C)C)cc4)CC3)n2)CC1. The molecule has 0 aliphatic carbocycles. The molecule has 1 atom stereocenters. The Balaban J connectivity index is 1.09. The number of carbonyl (C=O) groups is 1. The van der Waals surface area contributed by atoms with E-state index in [-0.39, 0.29) is 5.91 Å². The fourth-order valence-corrected chi connectivity index (χ4v) is 6.63. The summed E-state index contributed by atoms with van der Waals surface area (Å²) in [7, 11) is 4.07. The molecule has 1 amide bonds. The number of anilines is 2. The molecule has 39 heavy (non-hydrogen) atoms. The topological polar surface area (TPSA) is 55.0 Å². The van der Waals surface area contributed by atoms with Crippen LogP contribution in [-0.2, 0) is 0 Å². The molecule has 2 fully saturated rings. The smallest absolute Gasteiger partial charge is 0.273 e. The highest BCUT2D eigenvalue weighted by Gasteiger charge is 2.29. The minimum atomic E-state index is 0.0626. The largest absolute Gasteiger partial charge is 0.378 e. The summed E-state index contributed by atoms with van der Waals surface area (Å²) in [6.45, 7) is 7.26. The van der Waals surface area contributed by atoms with Crippen LogP contribution in [0.25, 0.3) is 0 Å². The van der Waals surface area contributed by atoms with E-state index in [1.54, 1.807) is 11.3 Å². The van der Waals surface area contributed by atoms with Crippen LogP contribution in [0.1, 0.15) is 52.8 Å². The van der Waals surface area contributed by atoms with E-state index in [4.69, 9.17) is 17.2 Å². The van der Waals surface area contributed by atoms with Crippen molar-refractivity contribution in [3.8, 4) is 0 Å². The molecule has 9 heteroatoms. The van der Waals surface area contributed by atoms with Crippen molar-refractivity contribution >= 4 is 45.9 Å². The summed E-state index contributed by atoms with van der Waals surface area (Å²) in [5.74, 6) is 0.436. The number of amides is 1.